The summed E-state index contributed by atoms with van der Waals surface area (Å²) in [5.74, 6) is 1.15. The van der Waals surface area contributed by atoms with Crippen molar-refractivity contribution in [1.82, 2.24) is 30.1 Å². The molecule has 6 rings (SSSR count). The third-order valence-corrected chi connectivity index (χ3v) is 7.44. The predicted octanol–water partition coefficient (Wildman–Crippen LogP) is 2.58. The smallest absolute Gasteiger partial charge is 0.177 e. The van der Waals surface area contributed by atoms with Crippen LogP contribution in [0.4, 0.5) is 16.0 Å². The lowest BCUT2D eigenvalue weighted by Gasteiger charge is -2.41. The van der Waals surface area contributed by atoms with E-state index in [-0.39, 0.29) is 18.7 Å². The van der Waals surface area contributed by atoms with E-state index in [1.165, 1.54) is 0 Å². The summed E-state index contributed by atoms with van der Waals surface area (Å²) in [4.78, 5) is 22.3. The first-order chi connectivity index (χ1) is 16.9. The molecule has 35 heavy (non-hydrogen) atoms. The molecule has 3 aromatic heterocycles. The molecular formula is C23H25ClFN9O. The number of hydrogen-bond donors (Lipinski definition) is 3. The Morgan fingerprint density at radius 3 is 2.83 bits per heavy atom. The van der Waals surface area contributed by atoms with Gasteiger partial charge in [-0.25, -0.2) is 19.3 Å². The quantitative estimate of drug-likeness (QED) is 0.389. The Kier molecular flexibility index (Phi) is 5.24. The number of rotatable bonds is 4. The molecule has 0 aliphatic carbocycles. The largest absolute Gasteiger partial charge is 0.390 e. The number of benzene rings is 1. The SMILES string of the molecule is CN(C)c1cnc2ccc(-c3n[nH]c4nc(N5[C@H]6CC[C@@H]5[C@@H](F)[C@@H](N)C6)c(CO)nc34)c(Cl)c2n1. The molecule has 2 fully saturated rings. The molecule has 4 atom stereocenters. The van der Waals surface area contributed by atoms with Gasteiger partial charge in [0.15, 0.2) is 11.5 Å². The zero-order chi connectivity index (χ0) is 24.4. The number of nitrogens with two attached hydrogens (primary N) is 1. The number of nitrogens with zero attached hydrogens (tertiary/aromatic N) is 7. The number of alkyl halides is 1. The molecule has 4 aromatic rings. The van der Waals surface area contributed by atoms with Crippen molar-refractivity contribution in [3.05, 3.63) is 29.0 Å². The van der Waals surface area contributed by atoms with Crippen LogP contribution in [0.2, 0.25) is 5.02 Å². The second kappa shape index (κ2) is 8.21. The summed E-state index contributed by atoms with van der Waals surface area (Å²) in [6.45, 7) is -0.342. The predicted molar refractivity (Wildman–Crippen MR) is 132 cm³/mol. The fraction of sp³-hybridized carbons (Fsp3) is 0.435. The van der Waals surface area contributed by atoms with E-state index in [2.05, 4.69) is 20.2 Å². The van der Waals surface area contributed by atoms with E-state index in [0.29, 0.717) is 68.6 Å². The minimum Gasteiger partial charge on any atom is -0.390 e. The zero-order valence-corrected chi connectivity index (χ0v) is 20.0. The summed E-state index contributed by atoms with van der Waals surface area (Å²) < 4.78 is 14.9. The summed E-state index contributed by atoms with van der Waals surface area (Å²) in [6.07, 6.45) is 2.60. The molecule has 0 unspecified atom stereocenters. The van der Waals surface area contributed by atoms with E-state index in [4.69, 9.17) is 27.3 Å². The van der Waals surface area contributed by atoms with Crippen LogP contribution in [-0.4, -0.2) is 73.6 Å². The Hall–Kier alpha value is -3.15. The van der Waals surface area contributed by atoms with Crippen LogP contribution in [0.5, 0.6) is 0 Å². The Morgan fingerprint density at radius 1 is 1.23 bits per heavy atom. The van der Waals surface area contributed by atoms with Gasteiger partial charge in [-0.05, 0) is 31.4 Å². The Balaban J connectivity index is 1.47. The summed E-state index contributed by atoms with van der Waals surface area (Å²) in [7, 11) is 3.76. The molecule has 182 valence electrons. The highest BCUT2D eigenvalue weighted by Crippen LogP contribution is 2.42. The van der Waals surface area contributed by atoms with Gasteiger partial charge < -0.3 is 20.6 Å². The molecule has 10 nitrogen and oxygen atoms in total. The van der Waals surface area contributed by atoms with Crippen molar-refractivity contribution in [3.8, 4) is 11.3 Å². The van der Waals surface area contributed by atoms with Gasteiger partial charge in [-0.2, -0.15) is 5.10 Å². The minimum absolute atomic E-state index is 0.0702. The van der Waals surface area contributed by atoms with Crippen molar-refractivity contribution in [2.75, 3.05) is 23.9 Å². The van der Waals surface area contributed by atoms with E-state index >= 15 is 0 Å². The third kappa shape index (κ3) is 3.40. The average Bonchev–Trinajstić information content (AvgIpc) is 3.42. The summed E-state index contributed by atoms with van der Waals surface area (Å²) >= 11 is 6.78. The number of aliphatic hydroxyl groups is 1. The maximum Gasteiger partial charge on any atom is 0.177 e. The van der Waals surface area contributed by atoms with Crippen molar-refractivity contribution in [1.29, 1.82) is 0 Å². The molecule has 12 heteroatoms. The first kappa shape index (κ1) is 22.3. The summed E-state index contributed by atoms with van der Waals surface area (Å²) in [6, 6.07) is 2.86. The number of anilines is 2. The van der Waals surface area contributed by atoms with Gasteiger partial charge in [0.05, 0.1) is 29.4 Å². The van der Waals surface area contributed by atoms with Gasteiger partial charge in [0, 0.05) is 31.7 Å². The van der Waals surface area contributed by atoms with Gasteiger partial charge in [0.2, 0.25) is 0 Å². The van der Waals surface area contributed by atoms with E-state index in [9.17, 15) is 9.50 Å². The fourth-order valence-corrected chi connectivity index (χ4v) is 5.61. The van der Waals surface area contributed by atoms with Crippen molar-refractivity contribution in [3.63, 3.8) is 0 Å². The molecule has 0 saturated carbocycles. The maximum absolute atomic E-state index is 14.9. The highest BCUT2D eigenvalue weighted by molar-refractivity contribution is 6.38. The standard InChI is InChI=1S/C23H25ClFN9O/c1-33(2)16-8-27-13-5-4-11(17(24)20(13)29-16)19-21-22(32-31-19)30-23(14(9-35)28-21)34-10-3-6-15(34)18(25)12(26)7-10/h4-5,8,10,12,15,18,35H,3,6-7,9,26H2,1-2H3,(H,30,31,32)/t10-,12-,15+,18-/m0/s1. The average molecular weight is 498 g/mol. The van der Waals surface area contributed by atoms with Crippen LogP contribution in [0.1, 0.15) is 25.0 Å². The van der Waals surface area contributed by atoms with Gasteiger partial charge in [-0.1, -0.05) is 11.6 Å². The molecule has 0 amide bonds. The van der Waals surface area contributed by atoms with Crippen LogP contribution in [-0.2, 0) is 6.61 Å². The molecular weight excluding hydrogens is 473 g/mol. The van der Waals surface area contributed by atoms with Crippen LogP contribution in [0.15, 0.2) is 18.3 Å². The number of piperidine rings is 1. The number of halogens is 2. The van der Waals surface area contributed by atoms with E-state index in [1.54, 1.807) is 6.20 Å². The number of fused-ring (bicyclic) bond motifs is 4. The van der Waals surface area contributed by atoms with Crippen LogP contribution < -0.4 is 15.5 Å². The Morgan fingerprint density at radius 2 is 2.06 bits per heavy atom. The molecule has 1 aromatic carbocycles. The lowest BCUT2D eigenvalue weighted by atomic mass is 9.96. The molecule has 2 aliphatic rings. The van der Waals surface area contributed by atoms with Gasteiger partial charge in [-0.3, -0.25) is 10.1 Å². The number of nitrogens with one attached hydrogen (secondary N) is 1. The van der Waals surface area contributed by atoms with E-state index in [0.717, 1.165) is 6.42 Å². The fourth-order valence-electron chi connectivity index (χ4n) is 5.32. The number of aromatic nitrogens is 6. The maximum atomic E-state index is 14.9. The van der Waals surface area contributed by atoms with Crippen molar-refractivity contribution in [2.45, 2.75) is 50.2 Å². The van der Waals surface area contributed by atoms with Gasteiger partial charge in [-0.15, -0.1) is 0 Å². The summed E-state index contributed by atoms with van der Waals surface area (Å²) in [5.41, 5.74) is 9.60. The minimum atomic E-state index is -1.15. The van der Waals surface area contributed by atoms with Crippen molar-refractivity contribution < 1.29 is 9.50 Å². The lowest BCUT2D eigenvalue weighted by molar-refractivity contribution is 0.202. The zero-order valence-electron chi connectivity index (χ0n) is 19.3. The van der Waals surface area contributed by atoms with Crippen molar-refractivity contribution in [2.24, 2.45) is 5.73 Å². The van der Waals surface area contributed by atoms with Crippen LogP contribution >= 0.6 is 11.6 Å². The second-order valence-corrected chi connectivity index (χ2v) is 9.77. The van der Waals surface area contributed by atoms with Crippen LogP contribution in [0.25, 0.3) is 33.5 Å². The monoisotopic (exact) mass is 497 g/mol. The Bertz CT molecular complexity index is 1440. The summed E-state index contributed by atoms with van der Waals surface area (Å²) in [5, 5.41) is 17.9. The molecule has 0 spiro atoms. The van der Waals surface area contributed by atoms with Gasteiger partial charge >= 0.3 is 0 Å². The number of aromatic amines is 1. The number of aliphatic hydroxyl groups excluding tert-OH is 1. The van der Waals surface area contributed by atoms with E-state index in [1.807, 2.05) is 36.0 Å². The van der Waals surface area contributed by atoms with Gasteiger partial charge in [0.1, 0.15) is 34.4 Å². The third-order valence-electron chi connectivity index (χ3n) is 7.06. The first-order valence-electron chi connectivity index (χ1n) is 11.5. The number of hydrogen-bond acceptors (Lipinski definition) is 9. The van der Waals surface area contributed by atoms with E-state index < -0.39 is 12.2 Å². The normalized spacial score (nSPS) is 24.0. The molecule has 2 bridgehead atoms. The lowest BCUT2D eigenvalue weighted by Crippen LogP contribution is -2.56. The van der Waals surface area contributed by atoms with Crippen LogP contribution in [0, 0.1) is 0 Å². The molecule has 2 aliphatic heterocycles. The highest BCUT2D eigenvalue weighted by atomic mass is 35.5. The molecule has 5 heterocycles. The second-order valence-electron chi connectivity index (χ2n) is 9.39. The topological polar surface area (TPSA) is 133 Å². The molecule has 2 saturated heterocycles. The highest BCUT2D eigenvalue weighted by Gasteiger charge is 2.48. The van der Waals surface area contributed by atoms with Crippen LogP contribution in [0.3, 0.4) is 0 Å². The first-order valence-corrected chi connectivity index (χ1v) is 11.9. The molecule has 0 radical (unpaired) electrons. The number of H-pyrrole nitrogens is 1. The van der Waals surface area contributed by atoms with Crippen molar-refractivity contribution >= 4 is 45.4 Å². The molecule has 4 N–H and O–H groups in total. The van der Waals surface area contributed by atoms with Gasteiger partial charge in [0.25, 0.3) is 0 Å². The Labute approximate surface area is 205 Å².